The van der Waals surface area contributed by atoms with Crippen molar-refractivity contribution in [3.05, 3.63) is 35.9 Å². The maximum Gasteiger partial charge on any atom is 0.114 e. The van der Waals surface area contributed by atoms with E-state index in [2.05, 4.69) is 4.90 Å². The van der Waals surface area contributed by atoms with Gasteiger partial charge in [-0.3, -0.25) is 4.90 Å². The van der Waals surface area contributed by atoms with Crippen LogP contribution in [0.15, 0.2) is 30.3 Å². The Bertz CT molecular complexity index is 365. The number of likely N-dealkylation sites (N-methyl/N-ethyl adjacent to an activating group) is 1. The van der Waals surface area contributed by atoms with Crippen LogP contribution in [0.4, 0.5) is 0 Å². The van der Waals surface area contributed by atoms with Crippen molar-refractivity contribution < 1.29 is 9.84 Å². The lowest BCUT2D eigenvalue weighted by Crippen LogP contribution is -2.48. The lowest BCUT2D eigenvalue weighted by Gasteiger charge is -2.34. The predicted molar refractivity (Wildman–Crippen MR) is 71.2 cm³/mol. The van der Waals surface area contributed by atoms with Crippen LogP contribution in [0.25, 0.3) is 0 Å². The molecule has 2 atom stereocenters. The summed E-state index contributed by atoms with van der Waals surface area (Å²) < 4.78 is 5.38. The van der Waals surface area contributed by atoms with Crippen molar-refractivity contribution in [1.29, 1.82) is 0 Å². The van der Waals surface area contributed by atoms with Gasteiger partial charge in [-0.25, -0.2) is 0 Å². The molecule has 1 saturated heterocycles. The highest BCUT2D eigenvalue weighted by molar-refractivity contribution is 5.23. The minimum Gasteiger partial charge on any atom is -0.382 e. The van der Waals surface area contributed by atoms with Crippen molar-refractivity contribution in [2.24, 2.45) is 5.73 Å². The topological polar surface area (TPSA) is 58.7 Å². The Balaban J connectivity index is 2.08. The molecule has 1 fully saturated rings. The summed E-state index contributed by atoms with van der Waals surface area (Å²) in [6, 6.07) is 10.0. The predicted octanol–water partition coefficient (Wildman–Crippen LogP) is 0.554. The Morgan fingerprint density at radius 3 is 2.72 bits per heavy atom. The average Bonchev–Trinajstić information content (AvgIpc) is 2.93. The standard InChI is InChI=1S/C14H22N2O2/c1-16(13-7-8-18-9-13)11-14(17,10-15)12-5-3-2-4-6-12/h2-6,13,17H,7-11,15H2,1H3. The van der Waals surface area contributed by atoms with Gasteiger partial charge >= 0.3 is 0 Å². The molecule has 1 aliphatic heterocycles. The van der Waals surface area contributed by atoms with Gasteiger partial charge in [-0.2, -0.15) is 0 Å². The molecule has 18 heavy (non-hydrogen) atoms. The van der Waals surface area contributed by atoms with Gasteiger partial charge in [-0.05, 0) is 19.0 Å². The number of ether oxygens (including phenoxy) is 1. The molecule has 2 unspecified atom stereocenters. The van der Waals surface area contributed by atoms with Crippen molar-refractivity contribution in [2.45, 2.75) is 18.1 Å². The van der Waals surface area contributed by atoms with Crippen LogP contribution in [0.3, 0.4) is 0 Å². The number of hydrogen-bond acceptors (Lipinski definition) is 4. The highest BCUT2D eigenvalue weighted by atomic mass is 16.5. The first-order chi connectivity index (χ1) is 8.65. The maximum atomic E-state index is 10.7. The molecule has 0 aromatic heterocycles. The van der Waals surface area contributed by atoms with Crippen LogP contribution in [0, 0.1) is 0 Å². The fourth-order valence-electron chi connectivity index (χ4n) is 2.43. The van der Waals surface area contributed by atoms with Gasteiger partial charge in [0.1, 0.15) is 5.60 Å². The molecule has 0 saturated carbocycles. The van der Waals surface area contributed by atoms with E-state index in [9.17, 15) is 5.11 Å². The van der Waals surface area contributed by atoms with Crippen LogP contribution in [0.5, 0.6) is 0 Å². The zero-order chi connectivity index (χ0) is 13.0. The summed E-state index contributed by atoms with van der Waals surface area (Å²) >= 11 is 0. The number of hydrogen-bond donors (Lipinski definition) is 2. The van der Waals surface area contributed by atoms with E-state index in [0.717, 1.165) is 25.2 Å². The number of aliphatic hydroxyl groups is 1. The minimum atomic E-state index is -0.987. The second kappa shape index (κ2) is 5.80. The molecule has 100 valence electrons. The third-order valence-corrected chi connectivity index (χ3v) is 3.69. The lowest BCUT2D eigenvalue weighted by atomic mass is 9.93. The normalized spacial score (nSPS) is 23.2. The van der Waals surface area contributed by atoms with Gasteiger partial charge in [-0.1, -0.05) is 30.3 Å². The van der Waals surface area contributed by atoms with Gasteiger partial charge in [-0.15, -0.1) is 0 Å². The quantitative estimate of drug-likeness (QED) is 0.801. The maximum absolute atomic E-state index is 10.7. The van der Waals surface area contributed by atoms with E-state index in [1.54, 1.807) is 0 Å². The van der Waals surface area contributed by atoms with Crippen molar-refractivity contribution >= 4 is 0 Å². The van der Waals surface area contributed by atoms with E-state index in [1.807, 2.05) is 37.4 Å². The van der Waals surface area contributed by atoms with E-state index in [1.165, 1.54) is 0 Å². The van der Waals surface area contributed by atoms with Gasteiger partial charge in [0.05, 0.1) is 6.61 Å². The Hall–Kier alpha value is -0.940. The molecule has 2 rings (SSSR count). The van der Waals surface area contributed by atoms with Gasteiger partial charge < -0.3 is 15.6 Å². The van der Waals surface area contributed by atoms with Crippen molar-refractivity contribution in [3.8, 4) is 0 Å². The van der Waals surface area contributed by atoms with Crippen LogP contribution in [-0.2, 0) is 10.3 Å². The summed E-state index contributed by atoms with van der Waals surface area (Å²) in [5.74, 6) is 0. The second-order valence-corrected chi connectivity index (χ2v) is 5.03. The van der Waals surface area contributed by atoms with E-state index in [4.69, 9.17) is 10.5 Å². The summed E-state index contributed by atoms with van der Waals surface area (Å²) in [6.45, 7) is 2.30. The smallest absolute Gasteiger partial charge is 0.114 e. The molecule has 3 N–H and O–H groups in total. The number of benzene rings is 1. The van der Waals surface area contributed by atoms with Crippen molar-refractivity contribution in [2.75, 3.05) is 33.4 Å². The van der Waals surface area contributed by atoms with Crippen LogP contribution < -0.4 is 5.73 Å². The summed E-state index contributed by atoms with van der Waals surface area (Å²) in [5.41, 5.74) is 5.66. The Morgan fingerprint density at radius 1 is 1.44 bits per heavy atom. The summed E-state index contributed by atoms with van der Waals surface area (Å²) in [4.78, 5) is 2.15. The Labute approximate surface area is 108 Å². The highest BCUT2D eigenvalue weighted by Gasteiger charge is 2.32. The molecule has 0 aliphatic carbocycles. The molecule has 0 bridgehead atoms. The molecular weight excluding hydrogens is 228 g/mol. The van der Waals surface area contributed by atoms with Crippen LogP contribution >= 0.6 is 0 Å². The van der Waals surface area contributed by atoms with Gasteiger partial charge in [0.25, 0.3) is 0 Å². The van der Waals surface area contributed by atoms with Gasteiger partial charge in [0, 0.05) is 25.7 Å². The van der Waals surface area contributed by atoms with E-state index in [-0.39, 0.29) is 6.54 Å². The number of rotatable bonds is 5. The minimum absolute atomic E-state index is 0.217. The van der Waals surface area contributed by atoms with Crippen molar-refractivity contribution in [3.63, 3.8) is 0 Å². The molecule has 0 radical (unpaired) electrons. The van der Waals surface area contributed by atoms with Crippen LogP contribution in [0.2, 0.25) is 0 Å². The lowest BCUT2D eigenvalue weighted by molar-refractivity contribution is 0.00150. The molecule has 4 nitrogen and oxygen atoms in total. The van der Waals surface area contributed by atoms with Crippen molar-refractivity contribution in [1.82, 2.24) is 4.90 Å². The zero-order valence-electron chi connectivity index (χ0n) is 10.9. The fourth-order valence-corrected chi connectivity index (χ4v) is 2.43. The third-order valence-electron chi connectivity index (χ3n) is 3.69. The first kappa shape index (κ1) is 13.5. The molecule has 1 aromatic rings. The molecule has 1 aliphatic rings. The monoisotopic (exact) mass is 250 g/mol. The molecule has 1 heterocycles. The second-order valence-electron chi connectivity index (χ2n) is 5.03. The SMILES string of the molecule is CN(CC(O)(CN)c1ccccc1)C1CCOC1. The number of nitrogens with two attached hydrogens (primary N) is 1. The van der Waals surface area contributed by atoms with Gasteiger partial charge in [0.15, 0.2) is 0 Å². The molecule has 0 spiro atoms. The first-order valence-corrected chi connectivity index (χ1v) is 6.42. The largest absolute Gasteiger partial charge is 0.382 e. The first-order valence-electron chi connectivity index (χ1n) is 6.42. The van der Waals surface area contributed by atoms with Crippen LogP contribution in [0.1, 0.15) is 12.0 Å². The summed E-state index contributed by atoms with van der Waals surface area (Å²) in [5, 5.41) is 10.7. The third kappa shape index (κ3) is 2.90. The fraction of sp³-hybridized carbons (Fsp3) is 0.571. The molecule has 4 heteroatoms. The average molecular weight is 250 g/mol. The number of nitrogens with zero attached hydrogens (tertiary/aromatic N) is 1. The van der Waals surface area contributed by atoms with E-state index in [0.29, 0.717) is 12.6 Å². The summed E-state index contributed by atoms with van der Waals surface area (Å²) in [7, 11) is 2.02. The molecular formula is C14H22N2O2. The van der Waals surface area contributed by atoms with E-state index >= 15 is 0 Å². The highest BCUT2D eigenvalue weighted by Crippen LogP contribution is 2.23. The molecule has 1 aromatic carbocycles. The Morgan fingerprint density at radius 2 is 2.17 bits per heavy atom. The summed E-state index contributed by atoms with van der Waals surface area (Å²) in [6.07, 6.45) is 1.02. The van der Waals surface area contributed by atoms with Gasteiger partial charge in [0.2, 0.25) is 0 Å². The van der Waals surface area contributed by atoms with E-state index < -0.39 is 5.60 Å². The molecule has 0 amide bonds. The Kier molecular flexibility index (Phi) is 4.35. The van der Waals surface area contributed by atoms with Crippen LogP contribution in [-0.4, -0.2) is 49.4 Å². The zero-order valence-corrected chi connectivity index (χ0v) is 10.9.